The molecule has 0 saturated carbocycles. The lowest BCUT2D eigenvalue weighted by Gasteiger charge is -2.21. The van der Waals surface area contributed by atoms with Crippen molar-refractivity contribution in [3.8, 4) is 0 Å². The maximum absolute atomic E-state index is 12.1. The number of fused-ring (bicyclic) bond motifs is 1. The first kappa shape index (κ1) is 13.6. The van der Waals surface area contributed by atoms with Gasteiger partial charge < -0.3 is 4.42 Å². The van der Waals surface area contributed by atoms with Crippen LogP contribution in [0.2, 0.25) is 0 Å². The highest BCUT2D eigenvalue weighted by molar-refractivity contribution is 6.00. The lowest BCUT2D eigenvalue weighted by Crippen LogP contribution is -2.43. The fourth-order valence-electron chi connectivity index (χ4n) is 2.64. The van der Waals surface area contributed by atoms with E-state index >= 15 is 0 Å². The quantitative estimate of drug-likeness (QED) is 0.853. The zero-order valence-electron chi connectivity index (χ0n) is 11.9. The number of carbonyl (C=O) groups is 2. The van der Waals surface area contributed by atoms with Crippen molar-refractivity contribution in [2.45, 2.75) is 38.6 Å². The van der Waals surface area contributed by atoms with Crippen LogP contribution in [0.1, 0.15) is 44.2 Å². The fourth-order valence-corrected chi connectivity index (χ4v) is 2.64. The van der Waals surface area contributed by atoms with E-state index in [0.29, 0.717) is 23.4 Å². The van der Waals surface area contributed by atoms with Gasteiger partial charge >= 0.3 is 5.76 Å². The molecule has 1 atom stereocenters. The smallest absolute Gasteiger partial charge is 0.408 e. The number of hydrogen-bond acceptors (Lipinski definition) is 4. The van der Waals surface area contributed by atoms with Gasteiger partial charge in [0.05, 0.1) is 5.52 Å². The van der Waals surface area contributed by atoms with Crippen LogP contribution in [0.5, 0.6) is 0 Å². The van der Waals surface area contributed by atoms with Crippen molar-refractivity contribution in [1.29, 1.82) is 0 Å². The second-order valence-electron chi connectivity index (χ2n) is 5.59. The number of hydrogen-bond donors (Lipinski definition) is 1. The van der Waals surface area contributed by atoms with Gasteiger partial charge in [-0.25, -0.2) is 4.79 Å². The number of carbonyl (C=O) groups excluding carboxylic acids is 2. The molecule has 0 radical (unpaired) electrons. The number of piperidine rings is 1. The van der Waals surface area contributed by atoms with Crippen LogP contribution in [0.15, 0.2) is 27.4 Å². The van der Waals surface area contributed by atoms with Crippen molar-refractivity contribution in [1.82, 2.24) is 9.88 Å². The maximum atomic E-state index is 12.1. The molecule has 21 heavy (non-hydrogen) atoms. The monoisotopic (exact) mass is 288 g/mol. The van der Waals surface area contributed by atoms with Gasteiger partial charge in [0, 0.05) is 6.42 Å². The summed E-state index contributed by atoms with van der Waals surface area (Å²) < 4.78 is 6.60. The lowest BCUT2D eigenvalue weighted by molar-refractivity contribution is -0.135. The number of imide groups is 1. The van der Waals surface area contributed by atoms with Gasteiger partial charge in [-0.15, -0.1) is 0 Å². The Kier molecular flexibility index (Phi) is 3.16. The molecule has 2 aromatic rings. The van der Waals surface area contributed by atoms with Crippen molar-refractivity contribution >= 4 is 22.9 Å². The average molecular weight is 288 g/mol. The summed E-state index contributed by atoms with van der Waals surface area (Å²) >= 11 is 0. The van der Waals surface area contributed by atoms with Crippen molar-refractivity contribution in [3.63, 3.8) is 0 Å². The Hall–Kier alpha value is -2.37. The summed E-state index contributed by atoms with van der Waals surface area (Å²) in [5, 5.41) is 2.26. The predicted molar refractivity (Wildman–Crippen MR) is 76.0 cm³/mol. The number of aromatic nitrogens is 1. The minimum absolute atomic E-state index is 0.222. The summed E-state index contributed by atoms with van der Waals surface area (Å²) in [6.07, 6.45) is 0.532. The molecule has 2 amide bonds. The summed E-state index contributed by atoms with van der Waals surface area (Å²) in [6.45, 7) is 4.10. The Balaban J connectivity index is 2.11. The number of oxazole rings is 1. The summed E-state index contributed by atoms with van der Waals surface area (Å²) in [5.74, 6) is -1.01. The van der Waals surface area contributed by atoms with Crippen LogP contribution in [0, 0.1) is 0 Å². The zero-order valence-corrected chi connectivity index (χ0v) is 11.9. The van der Waals surface area contributed by atoms with Crippen LogP contribution in [0.4, 0.5) is 0 Å². The van der Waals surface area contributed by atoms with Gasteiger partial charge in [0.25, 0.3) is 0 Å². The molecule has 1 aromatic carbocycles. The van der Waals surface area contributed by atoms with Gasteiger partial charge in [0.1, 0.15) is 6.04 Å². The van der Waals surface area contributed by atoms with E-state index in [1.807, 2.05) is 12.1 Å². The molecule has 3 rings (SSSR count). The molecule has 1 fully saturated rings. The van der Waals surface area contributed by atoms with Gasteiger partial charge in [0.15, 0.2) is 5.58 Å². The van der Waals surface area contributed by atoms with E-state index in [2.05, 4.69) is 19.2 Å². The van der Waals surface area contributed by atoms with E-state index in [4.69, 9.17) is 4.42 Å². The molecule has 1 aliphatic rings. The van der Waals surface area contributed by atoms with E-state index in [0.717, 1.165) is 5.56 Å². The van der Waals surface area contributed by atoms with E-state index in [1.165, 1.54) is 4.57 Å². The molecule has 1 aliphatic heterocycles. The average Bonchev–Trinajstić information content (AvgIpc) is 2.74. The standard InChI is InChI=1S/C15H16N2O4/c1-8(2)9-3-4-10-12(7-9)21-15(20)17(10)11-5-6-13(18)16-14(11)19/h3-4,7-8,11H,5-6H2,1-2H3,(H,16,18,19). The van der Waals surface area contributed by atoms with E-state index in [1.54, 1.807) is 6.07 Å². The molecule has 1 unspecified atom stereocenters. The molecule has 1 aromatic heterocycles. The normalized spacial score (nSPS) is 19.3. The van der Waals surface area contributed by atoms with Crippen LogP contribution >= 0.6 is 0 Å². The minimum Gasteiger partial charge on any atom is -0.408 e. The van der Waals surface area contributed by atoms with Crippen LogP contribution in [-0.4, -0.2) is 16.4 Å². The molecule has 1 N–H and O–H groups in total. The predicted octanol–water partition coefficient (Wildman–Crippen LogP) is 1.70. The Bertz CT molecular complexity index is 785. The van der Waals surface area contributed by atoms with Crippen molar-refractivity contribution in [2.75, 3.05) is 0 Å². The van der Waals surface area contributed by atoms with Crippen LogP contribution in [0.3, 0.4) is 0 Å². The largest absolute Gasteiger partial charge is 0.420 e. The van der Waals surface area contributed by atoms with E-state index < -0.39 is 17.7 Å². The summed E-state index contributed by atoms with van der Waals surface area (Å²) in [4.78, 5) is 35.2. The molecule has 0 spiro atoms. The third-order valence-electron chi connectivity index (χ3n) is 3.83. The number of amides is 2. The molecule has 0 aliphatic carbocycles. The molecule has 2 heterocycles. The zero-order chi connectivity index (χ0) is 15.1. The first-order chi connectivity index (χ1) is 9.97. The Labute approximate surface area is 120 Å². The van der Waals surface area contributed by atoms with Crippen LogP contribution < -0.4 is 11.1 Å². The Morgan fingerprint density at radius 2 is 2.05 bits per heavy atom. The van der Waals surface area contributed by atoms with Crippen molar-refractivity contribution in [2.24, 2.45) is 0 Å². The second kappa shape index (κ2) is 4.87. The second-order valence-corrected chi connectivity index (χ2v) is 5.59. The van der Waals surface area contributed by atoms with Gasteiger partial charge in [0.2, 0.25) is 11.8 Å². The van der Waals surface area contributed by atoms with Crippen LogP contribution in [-0.2, 0) is 9.59 Å². The molecule has 1 saturated heterocycles. The van der Waals surface area contributed by atoms with Gasteiger partial charge in [-0.05, 0) is 30.0 Å². The van der Waals surface area contributed by atoms with Gasteiger partial charge in [-0.2, -0.15) is 0 Å². The van der Waals surface area contributed by atoms with Gasteiger partial charge in [-0.1, -0.05) is 19.9 Å². The Morgan fingerprint density at radius 3 is 2.71 bits per heavy atom. The summed E-state index contributed by atoms with van der Waals surface area (Å²) in [5.41, 5.74) is 2.11. The van der Waals surface area contributed by atoms with Gasteiger partial charge in [-0.3, -0.25) is 19.5 Å². The van der Waals surface area contributed by atoms with E-state index in [-0.39, 0.29) is 12.3 Å². The van der Waals surface area contributed by atoms with Crippen LogP contribution in [0.25, 0.3) is 11.1 Å². The first-order valence-electron chi connectivity index (χ1n) is 6.96. The highest BCUT2D eigenvalue weighted by Gasteiger charge is 2.31. The molecular formula is C15H16N2O4. The fraction of sp³-hybridized carbons (Fsp3) is 0.400. The number of nitrogens with zero attached hydrogens (tertiary/aromatic N) is 1. The SMILES string of the molecule is CC(C)c1ccc2c(c1)oc(=O)n2C1CCC(=O)NC1=O. The lowest BCUT2D eigenvalue weighted by atomic mass is 10.0. The summed E-state index contributed by atoms with van der Waals surface area (Å²) in [7, 11) is 0. The Morgan fingerprint density at radius 1 is 1.29 bits per heavy atom. The third kappa shape index (κ3) is 2.26. The number of nitrogens with one attached hydrogen (secondary N) is 1. The molecule has 6 heteroatoms. The first-order valence-corrected chi connectivity index (χ1v) is 6.96. The molecular weight excluding hydrogens is 272 g/mol. The topological polar surface area (TPSA) is 81.3 Å². The molecule has 110 valence electrons. The number of rotatable bonds is 2. The highest BCUT2D eigenvalue weighted by Crippen LogP contribution is 2.25. The van der Waals surface area contributed by atoms with Crippen molar-refractivity contribution in [3.05, 3.63) is 34.3 Å². The third-order valence-corrected chi connectivity index (χ3v) is 3.83. The van der Waals surface area contributed by atoms with E-state index in [9.17, 15) is 14.4 Å². The molecule has 0 bridgehead atoms. The summed E-state index contributed by atoms with van der Waals surface area (Å²) in [6, 6.07) is 4.84. The molecule has 6 nitrogen and oxygen atoms in total. The minimum atomic E-state index is -0.693. The van der Waals surface area contributed by atoms with Crippen molar-refractivity contribution < 1.29 is 14.0 Å². The number of benzene rings is 1. The highest BCUT2D eigenvalue weighted by atomic mass is 16.4. The maximum Gasteiger partial charge on any atom is 0.420 e.